The van der Waals surface area contributed by atoms with E-state index >= 15 is 0 Å². The first-order valence-corrected chi connectivity index (χ1v) is 14.2. The third-order valence-corrected chi connectivity index (χ3v) is 10.8. The number of aliphatic hydroxyl groups excluding tert-OH is 1. The maximum absolute atomic E-state index is 10.0. The van der Waals surface area contributed by atoms with Crippen molar-refractivity contribution in [3.05, 3.63) is 24.5 Å². The third kappa shape index (κ3) is 14.1. The van der Waals surface area contributed by atoms with Crippen LogP contribution < -0.4 is 0 Å². The summed E-state index contributed by atoms with van der Waals surface area (Å²) in [5, 5.41) is 8.36. The van der Waals surface area contributed by atoms with Crippen LogP contribution in [0.2, 0.25) is 0 Å². The molecule has 3 saturated carbocycles. The molecule has 187 valence electrons. The van der Waals surface area contributed by atoms with Gasteiger partial charge in [0.25, 0.3) is 0 Å². The fraction of sp³-hybridized carbons (Fsp3) is 0.778. The van der Waals surface area contributed by atoms with E-state index in [1.165, 1.54) is 69.2 Å². The Labute approximate surface area is 212 Å². The maximum atomic E-state index is 10.0. The second-order valence-corrected chi connectivity index (χ2v) is 12.6. The van der Waals surface area contributed by atoms with E-state index < -0.39 is 0 Å². The smallest absolute Gasteiger partial charge is 0.155 e. The fourth-order valence-electron chi connectivity index (χ4n) is 5.33. The van der Waals surface area contributed by atoms with Gasteiger partial charge in [-0.1, -0.05) is 72.3 Å². The van der Waals surface area contributed by atoms with Crippen LogP contribution in [0.1, 0.15) is 117 Å². The zero-order valence-electron chi connectivity index (χ0n) is 20.7. The van der Waals surface area contributed by atoms with Crippen molar-refractivity contribution < 1.29 is 34.8 Å². The van der Waals surface area contributed by atoms with Gasteiger partial charge in [0.1, 0.15) is 0 Å². The van der Waals surface area contributed by atoms with Crippen molar-refractivity contribution >= 4 is 19.5 Å². The van der Waals surface area contributed by atoms with Crippen molar-refractivity contribution in [1.82, 2.24) is 0 Å². The molecule has 3 rings (SSSR count). The first-order valence-electron chi connectivity index (χ1n) is 12.6. The molecular formula is C27H47IrO3P. The molecular weight excluding hydrogens is 595 g/mol. The molecule has 3 fully saturated rings. The van der Waals surface area contributed by atoms with Crippen molar-refractivity contribution in [2.24, 2.45) is 0 Å². The van der Waals surface area contributed by atoms with E-state index in [-0.39, 0.29) is 37.4 Å². The Morgan fingerprint density at radius 2 is 0.969 bits per heavy atom. The van der Waals surface area contributed by atoms with Crippen molar-refractivity contribution in [3.8, 4) is 0 Å². The van der Waals surface area contributed by atoms with Gasteiger partial charge in [0.2, 0.25) is 0 Å². The number of ketones is 2. The Hall–Kier alpha value is -0.301. The van der Waals surface area contributed by atoms with E-state index in [2.05, 4.69) is 6.58 Å². The van der Waals surface area contributed by atoms with E-state index in [0.717, 1.165) is 0 Å². The summed E-state index contributed by atoms with van der Waals surface area (Å²) < 4.78 is 0. The SMILES string of the molecule is C1CCC(P(C2CCCCC2)C2CCCCC2)CC1.C=CC(C)=O.CC(=O)/C=C(/C)O.[Ir]. The van der Waals surface area contributed by atoms with Crippen LogP contribution >= 0.6 is 7.92 Å². The Balaban J connectivity index is 0.000000621. The number of rotatable bonds is 5. The predicted molar refractivity (Wildman–Crippen MR) is 135 cm³/mol. The molecule has 32 heavy (non-hydrogen) atoms. The van der Waals surface area contributed by atoms with E-state index in [1.54, 1.807) is 77.0 Å². The van der Waals surface area contributed by atoms with Gasteiger partial charge in [0.05, 0.1) is 5.76 Å². The summed E-state index contributed by atoms with van der Waals surface area (Å²) in [5.41, 5.74) is 3.57. The van der Waals surface area contributed by atoms with Crippen LogP contribution in [-0.2, 0) is 29.7 Å². The standard InChI is InChI=1S/C18H33P.C5H8O2.C4H6O.Ir/c1-4-10-16(11-5-1)19(17-12-6-2-7-13-17)18-14-8-3-9-15-18;1-4(6)3-5(2)7;1-3-4(2)5;/h16-18H,1-15H2;3,6H,1-2H3;3H,1H2,2H3;/b;4-3-;;. The molecule has 0 saturated heterocycles. The molecule has 3 aliphatic carbocycles. The summed E-state index contributed by atoms with van der Waals surface area (Å²) in [6, 6.07) is 0. The van der Waals surface area contributed by atoms with Gasteiger partial charge in [-0.2, -0.15) is 0 Å². The number of hydrogen-bond donors (Lipinski definition) is 1. The minimum atomic E-state index is -0.125. The van der Waals surface area contributed by atoms with Gasteiger partial charge < -0.3 is 5.11 Å². The predicted octanol–water partition coefficient (Wildman–Crippen LogP) is 8.26. The molecule has 1 radical (unpaired) electrons. The van der Waals surface area contributed by atoms with Crippen molar-refractivity contribution in [3.63, 3.8) is 0 Å². The van der Waals surface area contributed by atoms with Crippen LogP contribution in [-0.4, -0.2) is 33.7 Å². The fourth-order valence-corrected chi connectivity index (χ4v) is 10.00. The molecule has 3 nitrogen and oxygen atoms in total. The molecule has 0 spiro atoms. The molecule has 0 atom stereocenters. The summed E-state index contributed by atoms with van der Waals surface area (Å²) in [4.78, 5) is 19.7. The normalized spacial score (nSPS) is 20.7. The van der Waals surface area contributed by atoms with E-state index in [9.17, 15) is 9.59 Å². The first kappa shape index (κ1) is 31.7. The quantitative estimate of drug-likeness (QED) is 0.187. The van der Waals surface area contributed by atoms with E-state index in [1.807, 2.05) is 0 Å². The molecule has 3 aliphatic rings. The van der Waals surface area contributed by atoms with Gasteiger partial charge in [-0.3, -0.25) is 9.59 Å². The third-order valence-electron chi connectivity index (χ3n) is 6.69. The molecule has 0 unspecified atom stereocenters. The van der Waals surface area contributed by atoms with Crippen LogP contribution in [0.25, 0.3) is 0 Å². The molecule has 5 heteroatoms. The summed E-state index contributed by atoms with van der Waals surface area (Å²) >= 11 is 0. The van der Waals surface area contributed by atoms with Gasteiger partial charge >= 0.3 is 0 Å². The first-order chi connectivity index (χ1) is 14.8. The Morgan fingerprint density at radius 3 is 1.12 bits per heavy atom. The summed E-state index contributed by atoms with van der Waals surface area (Å²) in [7, 11) is 0.385. The molecule has 1 N–H and O–H groups in total. The van der Waals surface area contributed by atoms with Crippen molar-refractivity contribution in [2.75, 3.05) is 0 Å². The summed E-state index contributed by atoms with van der Waals surface area (Å²) in [6.45, 7) is 7.52. The van der Waals surface area contributed by atoms with Crippen LogP contribution in [0.15, 0.2) is 24.5 Å². The van der Waals surface area contributed by atoms with Gasteiger partial charge in [-0.25, -0.2) is 0 Å². The average molecular weight is 643 g/mol. The molecule has 0 aromatic heterocycles. The van der Waals surface area contributed by atoms with Gasteiger partial charge in [-0.05, 0) is 82.3 Å². The van der Waals surface area contributed by atoms with E-state index in [4.69, 9.17) is 5.11 Å². The summed E-state index contributed by atoms with van der Waals surface area (Å²) in [5.74, 6) is -0.0440. The van der Waals surface area contributed by atoms with Crippen LogP contribution in [0.3, 0.4) is 0 Å². The Kier molecular flexibility index (Phi) is 18.9. The van der Waals surface area contributed by atoms with Crippen LogP contribution in [0.4, 0.5) is 0 Å². The molecule has 0 aromatic carbocycles. The summed E-state index contributed by atoms with van der Waals surface area (Å²) in [6.07, 6.45) is 26.1. The van der Waals surface area contributed by atoms with Crippen LogP contribution in [0, 0.1) is 0 Å². The van der Waals surface area contributed by atoms with Crippen molar-refractivity contribution in [1.29, 1.82) is 0 Å². The Bertz CT molecular complexity index is 510. The monoisotopic (exact) mass is 643 g/mol. The maximum Gasteiger partial charge on any atom is 0.155 e. The van der Waals surface area contributed by atoms with Gasteiger partial charge in [0.15, 0.2) is 11.6 Å². The second-order valence-electron chi connectivity index (χ2n) is 9.53. The Morgan fingerprint density at radius 1 is 0.688 bits per heavy atom. The molecule has 0 bridgehead atoms. The van der Waals surface area contributed by atoms with Crippen molar-refractivity contribution in [2.45, 2.75) is 134 Å². The van der Waals surface area contributed by atoms with E-state index in [0.29, 0.717) is 7.92 Å². The second kappa shape index (κ2) is 19.1. The minimum absolute atomic E-state index is 0. The zero-order valence-corrected chi connectivity index (χ0v) is 24.0. The topological polar surface area (TPSA) is 54.4 Å². The van der Waals surface area contributed by atoms with Gasteiger partial charge in [0, 0.05) is 26.2 Å². The minimum Gasteiger partial charge on any atom is -0.512 e. The number of hydrogen-bond acceptors (Lipinski definition) is 3. The number of carbonyl (C=O) groups is 2. The number of allylic oxidation sites excluding steroid dienone is 3. The number of aliphatic hydroxyl groups is 1. The van der Waals surface area contributed by atoms with Crippen LogP contribution in [0.5, 0.6) is 0 Å². The molecule has 0 amide bonds. The molecule has 0 aliphatic heterocycles. The largest absolute Gasteiger partial charge is 0.512 e. The van der Waals surface area contributed by atoms with Gasteiger partial charge in [-0.15, -0.1) is 0 Å². The number of carbonyl (C=O) groups excluding carboxylic acids is 2. The molecule has 0 heterocycles. The molecule has 0 aromatic rings. The zero-order chi connectivity index (χ0) is 23.1. The average Bonchev–Trinajstić information content (AvgIpc) is 2.76.